The molecule has 1 aliphatic rings. The van der Waals surface area contributed by atoms with E-state index in [0.29, 0.717) is 18.5 Å². The number of fused-ring (bicyclic) bond motifs is 1. The van der Waals surface area contributed by atoms with Crippen molar-refractivity contribution in [2.75, 3.05) is 0 Å². The molecule has 3 N–H and O–H groups in total. The molecule has 0 atom stereocenters. The van der Waals surface area contributed by atoms with E-state index in [9.17, 15) is 0 Å². The summed E-state index contributed by atoms with van der Waals surface area (Å²) in [7, 11) is 0. The Morgan fingerprint density at radius 2 is 2.15 bits per heavy atom. The van der Waals surface area contributed by atoms with Crippen molar-refractivity contribution in [1.82, 2.24) is 19.9 Å². The minimum atomic E-state index is 0.481. The van der Waals surface area contributed by atoms with Gasteiger partial charge in [0.15, 0.2) is 11.6 Å². The van der Waals surface area contributed by atoms with Crippen LogP contribution in [-0.2, 0) is 6.54 Å². The molecule has 0 aromatic carbocycles. The molecule has 106 valence electrons. The minimum absolute atomic E-state index is 0.481. The third kappa shape index (κ3) is 2.89. The van der Waals surface area contributed by atoms with Crippen molar-refractivity contribution in [1.29, 1.82) is 0 Å². The predicted molar refractivity (Wildman–Crippen MR) is 78.3 cm³/mol. The minimum Gasteiger partial charge on any atom is -0.370 e. The number of aromatic nitrogens is 3. The summed E-state index contributed by atoms with van der Waals surface area (Å²) in [6.07, 6.45) is 9.78. The average molecular weight is 272 g/mol. The number of hydrogen-bond donors (Lipinski definition) is 2. The second kappa shape index (κ2) is 5.90. The fourth-order valence-electron chi connectivity index (χ4n) is 2.67. The molecule has 2 aromatic heterocycles. The lowest BCUT2D eigenvalue weighted by Gasteiger charge is -2.23. The first-order chi connectivity index (χ1) is 9.83. The molecule has 0 radical (unpaired) electrons. The van der Waals surface area contributed by atoms with Crippen LogP contribution in [0.4, 0.5) is 0 Å². The maximum absolute atomic E-state index is 5.97. The maximum Gasteiger partial charge on any atom is 0.189 e. The first kappa shape index (κ1) is 12.9. The van der Waals surface area contributed by atoms with Crippen molar-refractivity contribution in [2.24, 2.45) is 10.7 Å². The van der Waals surface area contributed by atoms with E-state index in [4.69, 9.17) is 5.73 Å². The monoisotopic (exact) mass is 272 g/mol. The van der Waals surface area contributed by atoms with Gasteiger partial charge in [-0.15, -0.1) is 0 Å². The van der Waals surface area contributed by atoms with Crippen LogP contribution in [0.3, 0.4) is 0 Å². The lowest BCUT2D eigenvalue weighted by atomic mass is 9.96. The van der Waals surface area contributed by atoms with Gasteiger partial charge >= 0.3 is 0 Å². The van der Waals surface area contributed by atoms with Crippen molar-refractivity contribution >= 4 is 11.6 Å². The van der Waals surface area contributed by atoms with Gasteiger partial charge in [-0.25, -0.2) is 14.5 Å². The van der Waals surface area contributed by atoms with Gasteiger partial charge in [-0.1, -0.05) is 19.3 Å². The van der Waals surface area contributed by atoms with Crippen LogP contribution in [-0.4, -0.2) is 26.6 Å². The highest BCUT2D eigenvalue weighted by Gasteiger charge is 2.13. The second-order valence-corrected chi connectivity index (χ2v) is 5.22. The Labute approximate surface area is 118 Å². The molecule has 1 fully saturated rings. The van der Waals surface area contributed by atoms with E-state index in [1.165, 1.54) is 32.1 Å². The highest BCUT2D eigenvalue weighted by molar-refractivity contribution is 5.78. The summed E-state index contributed by atoms with van der Waals surface area (Å²) in [5.41, 5.74) is 7.78. The zero-order valence-corrected chi connectivity index (χ0v) is 11.5. The summed E-state index contributed by atoms with van der Waals surface area (Å²) in [6, 6.07) is 4.27. The second-order valence-electron chi connectivity index (χ2n) is 5.22. The zero-order valence-electron chi connectivity index (χ0n) is 11.5. The van der Waals surface area contributed by atoms with Crippen molar-refractivity contribution in [3.63, 3.8) is 0 Å². The smallest absolute Gasteiger partial charge is 0.189 e. The first-order valence-electron chi connectivity index (χ1n) is 7.17. The summed E-state index contributed by atoms with van der Waals surface area (Å²) >= 11 is 0. The number of nitrogens with one attached hydrogen (secondary N) is 1. The molecular formula is C14H20N6. The van der Waals surface area contributed by atoms with Gasteiger partial charge in [-0.2, -0.15) is 5.10 Å². The average Bonchev–Trinajstić information content (AvgIpc) is 2.95. The number of rotatable bonds is 3. The van der Waals surface area contributed by atoms with Gasteiger partial charge in [-0.3, -0.25) is 0 Å². The van der Waals surface area contributed by atoms with E-state index >= 15 is 0 Å². The molecule has 20 heavy (non-hydrogen) atoms. The Morgan fingerprint density at radius 1 is 1.30 bits per heavy atom. The number of nitrogens with zero attached hydrogens (tertiary/aromatic N) is 4. The quantitative estimate of drug-likeness (QED) is 0.655. The van der Waals surface area contributed by atoms with Crippen molar-refractivity contribution in [2.45, 2.75) is 44.7 Å². The van der Waals surface area contributed by atoms with Crippen molar-refractivity contribution in [3.05, 3.63) is 30.2 Å². The summed E-state index contributed by atoms with van der Waals surface area (Å²) in [4.78, 5) is 8.64. The van der Waals surface area contributed by atoms with Gasteiger partial charge in [0.25, 0.3) is 0 Å². The molecule has 0 amide bonds. The summed E-state index contributed by atoms with van der Waals surface area (Å²) in [6.45, 7) is 0.506. The lowest BCUT2D eigenvalue weighted by molar-refractivity contribution is 0.412. The zero-order chi connectivity index (χ0) is 13.8. The Hall–Kier alpha value is -2.11. The fraction of sp³-hybridized carbons (Fsp3) is 0.500. The van der Waals surface area contributed by atoms with E-state index in [0.717, 1.165) is 11.3 Å². The summed E-state index contributed by atoms with van der Waals surface area (Å²) < 4.78 is 1.79. The highest BCUT2D eigenvalue weighted by Crippen LogP contribution is 2.17. The summed E-state index contributed by atoms with van der Waals surface area (Å²) in [5.74, 6) is 0.522. The number of aliphatic imine (C=N–C) groups is 1. The van der Waals surface area contributed by atoms with Crippen LogP contribution >= 0.6 is 0 Å². The van der Waals surface area contributed by atoms with Crippen LogP contribution < -0.4 is 11.1 Å². The van der Waals surface area contributed by atoms with E-state index in [2.05, 4.69) is 20.4 Å². The van der Waals surface area contributed by atoms with Gasteiger partial charge in [0.1, 0.15) is 0 Å². The summed E-state index contributed by atoms with van der Waals surface area (Å²) in [5, 5.41) is 7.55. The largest absolute Gasteiger partial charge is 0.370 e. The number of guanidine groups is 1. The molecule has 0 saturated heterocycles. The molecule has 0 aliphatic heterocycles. The Balaban J connectivity index is 1.65. The van der Waals surface area contributed by atoms with Crippen LogP contribution in [0.5, 0.6) is 0 Å². The van der Waals surface area contributed by atoms with Gasteiger partial charge in [0, 0.05) is 18.3 Å². The molecule has 0 spiro atoms. The van der Waals surface area contributed by atoms with Gasteiger partial charge in [0.2, 0.25) is 0 Å². The standard InChI is InChI=1S/C14H20N6/c15-14(19-11-4-2-1-3-5-11)17-10-12-6-8-16-13-7-9-18-20(12)13/h6-9,11H,1-5,10H2,(H3,15,17,19). The van der Waals surface area contributed by atoms with Crippen molar-refractivity contribution < 1.29 is 0 Å². The third-order valence-electron chi connectivity index (χ3n) is 3.74. The topological polar surface area (TPSA) is 80.6 Å². The Bertz CT molecular complexity index is 596. The molecule has 0 bridgehead atoms. The van der Waals surface area contributed by atoms with E-state index < -0.39 is 0 Å². The molecule has 1 saturated carbocycles. The molecule has 6 nitrogen and oxygen atoms in total. The normalized spacial score (nSPS) is 17.5. The van der Waals surface area contributed by atoms with Crippen LogP contribution in [0.25, 0.3) is 5.65 Å². The number of hydrogen-bond acceptors (Lipinski definition) is 3. The van der Waals surface area contributed by atoms with E-state index in [1.54, 1.807) is 16.9 Å². The van der Waals surface area contributed by atoms with Gasteiger partial charge < -0.3 is 11.1 Å². The lowest BCUT2D eigenvalue weighted by Crippen LogP contribution is -2.41. The molecule has 0 unspecified atom stereocenters. The fourth-order valence-corrected chi connectivity index (χ4v) is 2.67. The van der Waals surface area contributed by atoms with E-state index in [-0.39, 0.29) is 0 Å². The Kier molecular flexibility index (Phi) is 3.80. The van der Waals surface area contributed by atoms with Crippen LogP contribution in [0.1, 0.15) is 37.8 Å². The molecular weight excluding hydrogens is 252 g/mol. The van der Waals surface area contributed by atoms with Gasteiger partial charge in [0.05, 0.1) is 18.4 Å². The maximum atomic E-state index is 5.97. The van der Waals surface area contributed by atoms with Gasteiger partial charge in [-0.05, 0) is 18.9 Å². The Morgan fingerprint density at radius 3 is 3.00 bits per heavy atom. The highest BCUT2D eigenvalue weighted by atomic mass is 15.3. The van der Waals surface area contributed by atoms with Crippen LogP contribution in [0.15, 0.2) is 29.5 Å². The molecule has 2 heterocycles. The predicted octanol–water partition coefficient (Wildman–Crippen LogP) is 1.47. The first-order valence-corrected chi connectivity index (χ1v) is 7.17. The molecule has 6 heteroatoms. The molecule has 2 aromatic rings. The van der Waals surface area contributed by atoms with Crippen LogP contribution in [0.2, 0.25) is 0 Å². The van der Waals surface area contributed by atoms with E-state index in [1.807, 2.05) is 12.1 Å². The SMILES string of the molecule is NC(=NCc1ccnc2ccnn12)NC1CCCCC1. The third-order valence-corrected chi connectivity index (χ3v) is 3.74. The molecule has 3 rings (SSSR count). The van der Waals surface area contributed by atoms with Crippen molar-refractivity contribution in [3.8, 4) is 0 Å². The molecule has 1 aliphatic carbocycles. The number of nitrogens with two attached hydrogens (primary N) is 1. The van der Waals surface area contributed by atoms with Crippen LogP contribution in [0, 0.1) is 0 Å².